The molecule has 5 heteroatoms. The Kier molecular flexibility index (Phi) is 4.05. The molecule has 0 radical (unpaired) electrons. The summed E-state index contributed by atoms with van der Waals surface area (Å²) < 4.78 is 36.0. The van der Waals surface area contributed by atoms with Gasteiger partial charge >= 0.3 is 5.51 Å². The average molecular weight is 159 g/mol. The molecule has 0 aliphatic heterocycles. The van der Waals surface area contributed by atoms with Crippen molar-refractivity contribution < 1.29 is 13.2 Å². The fourth-order valence-electron chi connectivity index (χ4n) is 0.235. The van der Waals surface area contributed by atoms with Gasteiger partial charge in [0.2, 0.25) is 0 Å². The molecule has 0 spiro atoms. The number of hydrogen-bond donors (Lipinski definition) is 1. The van der Waals surface area contributed by atoms with E-state index in [4.69, 9.17) is 0 Å². The van der Waals surface area contributed by atoms with Crippen molar-refractivity contribution in [2.24, 2.45) is 0 Å². The van der Waals surface area contributed by atoms with E-state index in [0.29, 0.717) is 13.0 Å². The highest BCUT2D eigenvalue weighted by Gasteiger charge is 2.27. The van der Waals surface area contributed by atoms with E-state index in [1.54, 1.807) is 0 Å². The molecular formula is C4H8F3NS. The van der Waals surface area contributed by atoms with Gasteiger partial charge in [0, 0.05) is 18.5 Å². The fraction of sp³-hybridized carbons (Fsp3) is 1.00. The van der Waals surface area contributed by atoms with Crippen molar-refractivity contribution in [3.05, 3.63) is 0 Å². The monoisotopic (exact) mass is 159 g/mol. The van der Waals surface area contributed by atoms with Crippen LogP contribution in [0, 0.1) is 0 Å². The SMILES string of the molecule is CCCNSC(F)(F)F. The van der Waals surface area contributed by atoms with Crippen LogP contribution in [0.15, 0.2) is 0 Å². The molecule has 56 valence electrons. The average Bonchev–Trinajstić information content (AvgIpc) is 1.63. The highest BCUT2D eigenvalue weighted by Crippen LogP contribution is 2.26. The van der Waals surface area contributed by atoms with E-state index in [0.717, 1.165) is 0 Å². The molecule has 0 saturated heterocycles. The summed E-state index contributed by atoms with van der Waals surface area (Å²) >= 11 is -0.192. The largest absolute Gasteiger partial charge is 0.456 e. The van der Waals surface area contributed by atoms with Crippen molar-refractivity contribution in [3.63, 3.8) is 0 Å². The molecule has 0 bridgehead atoms. The Balaban J connectivity index is 3.07. The third-order valence-electron chi connectivity index (χ3n) is 0.540. The van der Waals surface area contributed by atoms with E-state index in [2.05, 4.69) is 4.72 Å². The van der Waals surface area contributed by atoms with Gasteiger partial charge in [-0.3, -0.25) is 4.72 Å². The second kappa shape index (κ2) is 4.00. The summed E-state index contributed by atoms with van der Waals surface area (Å²) in [6.45, 7) is 2.20. The third kappa shape index (κ3) is 8.10. The number of halogens is 3. The van der Waals surface area contributed by atoms with Crippen LogP contribution in [0.25, 0.3) is 0 Å². The lowest BCUT2D eigenvalue weighted by atomic mass is 10.5. The normalized spacial score (nSPS) is 12.0. The third-order valence-corrected chi connectivity index (χ3v) is 1.12. The predicted octanol–water partition coefficient (Wildman–Crippen LogP) is 2.15. The van der Waals surface area contributed by atoms with E-state index in [9.17, 15) is 13.2 Å². The van der Waals surface area contributed by atoms with Crippen molar-refractivity contribution in [2.75, 3.05) is 6.54 Å². The maximum Gasteiger partial charge on any atom is 0.456 e. The second-order valence-electron chi connectivity index (χ2n) is 1.44. The summed E-state index contributed by atoms with van der Waals surface area (Å²) in [5.41, 5.74) is -4.14. The first-order chi connectivity index (χ1) is 4.06. The van der Waals surface area contributed by atoms with Gasteiger partial charge in [0.05, 0.1) is 0 Å². The smallest absolute Gasteiger partial charge is 0.257 e. The van der Waals surface area contributed by atoms with E-state index < -0.39 is 5.51 Å². The lowest BCUT2D eigenvalue weighted by Crippen LogP contribution is -2.13. The quantitative estimate of drug-likeness (QED) is 0.500. The number of rotatable bonds is 3. The zero-order valence-corrected chi connectivity index (χ0v) is 5.77. The maximum absolute atomic E-state index is 11.3. The van der Waals surface area contributed by atoms with Gasteiger partial charge in [-0.25, -0.2) is 0 Å². The van der Waals surface area contributed by atoms with Crippen LogP contribution in [0.3, 0.4) is 0 Å². The van der Waals surface area contributed by atoms with E-state index >= 15 is 0 Å². The van der Waals surface area contributed by atoms with Crippen LogP contribution in [0.1, 0.15) is 13.3 Å². The molecule has 0 rings (SSSR count). The van der Waals surface area contributed by atoms with Gasteiger partial charge in [0.25, 0.3) is 0 Å². The summed E-state index contributed by atoms with van der Waals surface area (Å²) in [6, 6.07) is 0. The summed E-state index contributed by atoms with van der Waals surface area (Å²) in [6.07, 6.45) is 0.711. The number of nitrogens with one attached hydrogen (secondary N) is 1. The minimum Gasteiger partial charge on any atom is -0.257 e. The molecule has 0 unspecified atom stereocenters. The molecule has 0 fully saturated rings. The summed E-state index contributed by atoms with van der Waals surface area (Å²) in [7, 11) is 0. The molecule has 1 nitrogen and oxygen atoms in total. The van der Waals surface area contributed by atoms with Crippen LogP contribution in [0.5, 0.6) is 0 Å². The Morgan fingerprint density at radius 3 is 2.33 bits per heavy atom. The van der Waals surface area contributed by atoms with Gasteiger partial charge < -0.3 is 0 Å². The fourth-order valence-corrected chi connectivity index (χ4v) is 0.705. The molecule has 0 saturated carbocycles. The summed E-state index contributed by atoms with van der Waals surface area (Å²) in [5.74, 6) is 0. The molecule has 0 atom stereocenters. The Labute approximate surface area is 56.1 Å². The minimum absolute atomic E-state index is 0.192. The Morgan fingerprint density at radius 2 is 2.00 bits per heavy atom. The molecule has 0 amide bonds. The van der Waals surface area contributed by atoms with Gasteiger partial charge in [0.1, 0.15) is 0 Å². The first-order valence-electron chi connectivity index (χ1n) is 2.54. The Morgan fingerprint density at radius 1 is 1.44 bits per heavy atom. The van der Waals surface area contributed by atoms with Gasteiger partial charge in [0.15, 0.2) is 0 Å². The first kappa shape index (κ1) is 9.10. The second-order valence-corrected chi connectivity index (χ2v) is 2.40. The zero-order chi connectivity index (χ0) is 7.33. The van der Waals surface area contributed by atoms with Crippen LogP contribution in [0.4, 0.5) is 13.2 Å². The Hall–Kier alpha value is 0.100. The zero-order valence-electron chi connectivity index (χ0n) is 4.96. The van der Waals surface area contributed by atoms with Crippen molar-refractivity contribution in [1.82, 2.24) is 4.72 Å². The van der Waals surface area contributed by atoms with Crippen molar-refractivity contribution in [1.29, 1.82) is 0 Å². The molecule has 9 heavy (non-hydrogen) atoms. The van der Waals surface area contributed by atoms with Gasteiger partial charge in [-0.2, -0.15) is 13.2 Å². The summed E-state index contributed by atoms with van der Waals surface area (Å²) in [4.78, 5) is 0. The summed E-state index contributed by atoms with van der Waals surface area (Å²) in [5, 5.41) is 0. The van der Waals surface area contributed by atoms with E-state index in [1.165, 1.54) is 0 Å². The van der Waals surface area contributed by atoms with Gasteiger partial charge in [-0.15, -0.1) is 0 Å². The van der Waals surface area contributed by atoms with Crippen molar-refractivity contribution in [2.45, 2.75) is 18.9 Å². The number of hydrogen-bond acceptors (Lipinski definition) is 2. The van der Waals surface area contributed by atoms with Crippen LogP contribution in [-0.2, 0) is 0 Å². The molecule has 0 aromatic heterocycles. The molecule has 1 N–H and O–H groups in total. The van der Waals surface area contributed by atoms with Crippen LogP contribution < -0.4 is 4.72 Å². The Bertz CT molecular complexity index is 72.7. The topological polar surface area (TPSA) is 12.0 Å². The molecule has 0 aromatic rings. The van der Waals surface area contributed by atoms with Crippen molar-refractivity contribution in [3.8, 4) is 0 Å². The lowest BCUT2D eigenvalue weighted by molar-refractivity contribution is -0.0335. The molecule has 0 aliphatic carbocycles. The lowest BCUT2D eigenvalue weighted by Gasteiger charge is -2.04. The maximum atomic E-state index is 11.3. The van der Waals surface area contributed by atoms with Gasteiger partial charge in [-0.05, 0) is 6.42 Å². The minimum atomic E-state index is -4.14. The van der Waals surface area contributed by atoms with Crippen LogP contribution in [-0.4, -0.2) is 12.1 Å². The highest BCUT2D eigenvalue weighted by atomic mass is 32.2. The van der Waals surface area contributed by atoms with E-state index in [1.807, 2.05) is 6.92 Å². The standard InChI is InChI=1S/C4H8F3NS/c1-2-3-8-9-4(5,6)7/h8H,2-3H2,1H3. The van der Waals surface area contributed by atoms with Gasteiger partial charge in [-0.1, -0.05) is 6.92 Å². The first-order valence-corrected chi connectivity index (χ1v) is 3.35. The molecular weight excluding hydrogens is 151 g/mol. The van der Waals surface area contributed by atoms with Crippen LogP contribution in [0.2, 0.25) is 0 Å². The molecule has 0 heterocycles. The van der Waals surface area contributed by atoms with Crippen molar-refractivity contribution >= 4 is 11.9 Å². The molecule has 0 aromatic carbocycles. The predicted molar refractivity (Wildman–Crippen MR) is 31.9 cm³/mol. The highest BCUT2D eigenvalue weighted by molar-refractivity contribution is 7.98. The number of alkyl halides is 3. The van der Waals surface area contributed by atoms with E-state index in [-0.39, 0.29) is 11.9 Å². The van der Waals surface area contributed by atoms with Crippen LogP contribution >= 0.6 is 11.9 Å². The molecule has 0 aliphatic rings.